The number of nitrogens with one attached hydrogen (secondary N) is 1. The van der Waals surface area contributed by atoms with Gasteiger partial charge in [0.25, 0.3) is 5.91 Å². The monoisotopic (exact) mass is 325 g/mol. The maximum Gasteiger partial charge on any atom is 0.254 e. The molecular weight excluding hydrogens is 314 g/mol. The second-order valence-electron chi connectivity index (χ2n) is 3.95. The third kappa shape index (κ3) is 2.78. The second kappa shape index (κ2) is 5.44. The van der Waals surface area contributed by atoms with Crippen LogP contribution in [0.4, 0.5) is 0 Å². The zero-order valence-electron chi connectivity index (χ0n) is 10.5. The van der Waals surface area contributed by atoms with Crippen LogP contribution in [0.3, 0.4) is 0 Å². The lowest BCUT2D eigenvalue weighted by Gasteiger charge is -2.10. The van der Waals surface area contributed by atoms with Gasteiger partial charge in [-0.05, 0) is 23.8 Å². The average Bonchev–Trinajstić information content (AvgIpc) is 2.69. The van der Waals surface area contributed by atoms with E-state index in [4.69, 9.17) is 9.47 Å². The minimum absolute atomic E-state index is 0.0968. The molecule has 0 aromatic heterocycles. The van der Waals surface area contributed by atoms with Crippen molar-refractivity contribution in [1.82, 2.24) is 5.32 Å². The highest BCUT2D eigenvalue weighted by atomic mass is 79.9. The van der Waals surface area contributed by atoms with Gasteiger partial charge in [0.2, 0.25) is 5.91 Å². The molecule has 0 radical (unpaired) electrons. The minimum atomic E-state index is -0.355. The summed E-state index contributed by atoms with van der Waals surface area (Å²) in [6.07, 6.45) is 1.76. The van der Waals surface area contributed by atoms with Crippen molar-refractivity contribution in [1.29, 1.82) is 0 Å². The summed E-state index contributed by atoms with van der Waals surface area (Å²) in [4.78, 5) is 22.6. The number of hydrogen-bond acceptors (Lipinski definition) is 4. The maximum absolute atomic E-state index is 11.5. The van der Waals surface area contributed by atoms with Gasteiger partial charge in [-0.25, -0.2) is 0 Å². The van der Waals surface area contributed by atoms with Crippen LogP contribution in [0.25, 0.3) is 6.08 Å². The first-order valence-corrected chi connectivity index (χ1v) is 6.30. The Bertz CT molecular complexity index is 580. The summed E-state index contributed by atoms with van der Waals surface area (Å²) < 4.78 is 11.1. The molecule has 1 N–H and O–H groups in total. The molecule has 100 valence electrons. The molecule has 0 atom stereocenters. The zero-order chi connectivity index (χ0) is 14.0. The maximum atomic E-state index is 11.5. The standard InChI is InChI=1S/C13H12BrNO4/c1-18-10-4-7(9(14)6-11(10)19-2)3-8-5-12(16)15-13(8)17/h3-4,6H,5H2,1-2H3,(H,15,16,17). The molecule has 0 spiro atoms. The quantitative estimate of drug-likeness (QED) is 0.681. The molecule has 19 heavy (non-hydrogen) atoms. The molecule has 0 bridgehead atoms. The molecule has 2 amide bonds. The van der Waals surface area contributed by atoms with Gasteiger partial charge < -0.3 is 9.47 Å². The number of methoxy groups -OCH3 is 2. The molecule has 0 aliphatic carbocycles. The summed E-state index contributed by atoms with van der Waals surface area (Å²) in [5, 5.41) is 2.24. The lowest BCUT2D eigenvalue weighted by atomic mass is 10.1. The molecule has 1 aromatic rings. The number of imide groups is 1. The number of benzene rings is 1. The van der Waals surface area contributed by atoms with Crippen LogP contribution in [-0.4, -0.2) is 26.0 Å². The van der Waals surface area contributed by atoms with Crippen LogP contribution in [0.2, 0.25) is 0 Å². The number of ether oxygens (including phenoxy) is 2. The van der Waals surface area contributed by atoms with Crippen molar-refractivity contribution >= 4 is 33.8 Å². The fraction of sp³-hybridized carbons (Fsp3) is 0.231. The van der Waals surface area contributed by atoms with E-state index in [0.717, 1.165) is 10.0 Å². The van der Waals surface area contributed by atoms with E-state index in [1.807, 2.05) is 0 Å². The van der Waals surface area contributed by atoms with Crippen molar-refractivity contribution in [3.8, 4) is 11.5 Å². The summed E-state index contributed by atoms with van der Waals surface area (Å²) >= 11 is 3.40. The van der Waals surface area contributed by atoms with Gasteiger partial charge in [0, 0.05) is 10.0 Å². The fourth-order valence-corrected chi connectivity index (χ4v) is 2.23. The molecule has 1 aromatic carbocycles. The molecule has 1 saturated heterocycles. The lowest BCUT2D eigenvalue weighted by molar-refractivity contribution is -0.124. The van der Waals surface area contributed by atoms with Crippen molar-refractivity contribution < 1.29 is 19.1 Å². The summed E-state index contributed by atoms with van der Waals surface area (Å²) in [6.45, 7) is 0. The van der Waals surface area contributed by atoms with Gasteiger partial charge in [0.05, 0.1) is 20.6 Å². The normalized spacial score (nSPS) is 16.7. The van der Waals surface area contributed by atoms with Gasteiger partial charge in [0.1, 0.15) is 0 Å². The van der Waals surface area contributed by atoms with Gasteiger partial charge in [-0.1, -0.05) is 15.9 Å². The Balaban J connectivity index is 2.43. The summed E-state index contributed by atoms with van der Waals surface area (Å²) in [5.41, 5.74) is 1.18. The Hall–Kier alpha value is -1.82. The number of rotatable bonds is 3. The van der Waals surface area contributed by atoms with Gasteiger partial charge in [0.15, 0.2) is 11.5 Å². The highest BCUT2D eigenvalue weighted by Gasteiger charge is 2.24. The van der Waals surface area contributed by atoms with Crippen LogP contribution in [-0.2, 0) is 9.59 Å². The van der Waals surface area contributed by atoms with Crippen LogP contribution in [0, 0.1) is 0 Å². The van der Waals surface area contributed by atoms with Crippen LogP contribution in [0.5, 0.6) is 11.5 Å². The molecule has 1 fully saturated rings. The second-order valence-corrected chi connectivity index (χ2v) is 4.81. The highest BCUT2D eigenvalue weighted by molar-refractivity contribution is 9.10. The van der Waals surface area contributed by atoms with Crippen LogP contribution in [0.1, 0.15) is 12.0 Å². The molecule has 6 heteroatoms. The van der Waals surface area contributed by atoms with E-state index in [1.54, 1.807) is 25.3 Å². The molecule has 1 heterocycles. The third-order valence-electron chi connectivity index (χ3n) is 2.73. The van der Waals surface area contributed by atoms with Gasteiger partial charge in [-0.15, -0.1) is 0 Å². The number of hydrogen-bond donors (Lipinski definition) is 1. The van der Waals surface area contributed by atoms with Gasteiger partial charge >= 0.3 is 0 Å². The highest BCUT2D eigenvalue weighted by Crippen LogP contribution is 2.34. The molecular formula is C13H12BrNO4. The minimum Gasteiger partial charge on any atom is -0.493 e. The van der Waals surface area contributed by atoms with Crippen molar-refractivity contribution in [2.24, 2.45) is 0 Å². The first-order valence-electron chi connectivity index (χ1n) is 5.51. The summed E-state index contributed by atoms with van der Waals surface area (Å²) in [6, 6.07) is 3.49. The van der Waals surface area contributed by atoms with Gasteiger partial charge in [-0.3, -0.25) is 14.9 Å². The Morgan fingerprint density at radius 3 is 2.37 bits per heavy atom. The number of halogens is 1. The first-order chi connectivity index (χ1) is 9.05. The smallest absolute Gasteiger partial charge is 0.254 e. The van der Waals surface area contributed by atoms with E-state index in [9.17, 15) is 9.59 Å². The van der Waals surface area contributed by atoms with Crippen LogP contribution < -0.4 is 14.8 Å². The predicted octanol–water partition coefficient (Wildman–Crippen LogP) is 1.90. The first kappa shape index (κ1) is 13.6. The van der Waals surface area contributed by atoms with Crippen LogP contribution in [0.15, 0.2) is 22.2 Å². The van der Waals surface area contributed by atoms with Gasteiger partial charge in [-0.2, -0.15) is 0 Å². The summed E-state index contributed by atoms with van der Waals surface area (Å²) in [5.74, 6) is 0.505. The van der Waals surface area contributed by atoms with Crippen molar-refractivity contribution in [2.75, 3.05) is 14.2 Å². The lowest BCUT2D eigenvalue weighted by Crippen LogP contribution is -2.19. The molecule has 2 rings (SSSR count). The largest absolute Gasteiger partial charge is 0.493 e. The average molecular weight is 326 g/mol. The third-order valence-corrected chi connectivity index (χ3v) is 3.41. The molecule has 0 unspecified atom stereocenters. The van der Waals surface area contributed by atoms with E-state index >= 15 is 0 Å². The zero-order valence-corrected chi connectivity index (χ0v) is 12.0. The summed E-state index contributed by atoms with van der Waals surface area (Å²) in [7, 11) is 3.08. The Morgan fingerprint density at radius 1 is 1.21 bits per heavy atom. The van der Waals surface area contributed by atoms with E-state index in [-0.39, 0.29) is 18.2 Å². The molecule has 1 aliphatic heterocycles. The van der Waals surface area contributed by atoms with Crippen LogP contribution >= 0.6 is 15.9 Å². The molecule has 1 aliphatic rings. The molecule has 5 nitrogen and oxygen atoms in total. The van der Waals surface area contributed by atoms with E-state index in [2.05, 4.69) is 21.2 Å². The Labute approximate surface area is 118 Å². The number of carbonyl (C=O) groups is 2. The SMILES string of the molecule is COc1cc(Br)c(C=C2CC(=O)NC2=O)cc1OC. The van der Waals surface area contributed by atoms with E-state index in [0.29, 0.717) is 17.1 Å². The molecule has 0 saturated carbocycles. The Kier molecular flexibility index (Phi) is 3.90. The fourth-order valence-electron chi connectivity index (χ4n) is 1.79. The van der Waals surface area contributed by atoms with Crippen molar-refractivity contribution in [3.05, 3.63) is 27.7 Å². The number of amides is 2. The Morgan fingerprint density at radius 2 is 1.84 bits per heavy atom. The van der Waals surface area contributed by atoms with E-state index in [1.165, 1.54) is 7.11 Å². The van der Waals surface area contributed by atoms with Crippen molar-refractivity contribution in [3.63, 3.8) is 0 Å². The number of carbonyl (C=O) groups excluding carboxylic acids is 2. The predicted molar refractivity (Wildman–Crippen MR) is 73.0 cm³/mol. The topological polar surface area (TPSA) is 64.6 Å². The van der Waals surface area contributed by atoms with E-state index < -0.39 is 0 Å². The van der Waals surface area contributed by atoms with Crippen molar-refractivity contribution in [2.45, 2.75) is 6.42 Å².